The van der Waals surface area contributed by atoms with E-state index in [0.29, 0.717) is 13.1 Å². The molecule has 142 valence electrons. The molecular weight excluding hydrogens is 340 g/mol. The lowest BCUT2D eigenvalue weighted by Gasteiger charge is -2.11. The summed E-state index contributed by atoms with van der Waals surface area (Å²) in [6.07, 6.45) is 9.90. The average Bonchev–Trinajstić information content (AvgIpc) is 3.08. The second-order valence-corrected chi connectivity index (χ2v) is 6.85. The van der Waals surface area contributed by atoms with Crippen molar-refractivity contribution in [2.24, 2.45) is 0 Å². The molecule has 0 aliphatic rings. The number of methoxy groups -OCH3 is 2. The van der Waals surface area contributed by atoms with Crippen LogP contribution in [-0.4, -0.2) is 28.8 Å². The van der Waals surface area contributed by atoms with Gasteiger partial charge in [0.1, 0.15) is 37.0 Å². The van der Waals surface area contributed by atoms with Crippen LogP contribution in [0.1, 0.15) is 33.6 Å². The summed E-state index contributed by atoms with van der Waals surface area (Å²) in [6, 6.07) is 0. The molecule has 0 aliphatic carbocycles. The number of nitrogens with zero attached hydrogens (tertiary/aromatic N) is 4. The van der Waals surface area contributed by atoms with E-state index in [1.54, 1.807) is 14.2 Å². The molecule has 0 saturated heterocycles. The molecule has 0 unspecified atom stereocenters. The summed E-state index contributed by atoms with van der Waals surface area (Å²) in [5.41, 5.74) is 6.28. The van der Waals surface area contributed by atoms with Gasteiger partial charge in [0.25, 0.3) is 0 Å². The highest BCUT2D eigenvalue weighted by molar-refractivity contribution is 5.41. The highest BCUT2D eigenvalue weighted by atomic mass is 16.5. The van der Waals surface area contributed by atoms with E-state index < -0.39 is 0 Å². The maximum Gasteiger partial charge on any atom is 0.244 e. The third-order valence-corrected chi connectivity index (χ3v) is 4.91. The fraction of sp³-hybridized carbons (Fsp3) is 0.381. The summed E-state index contributed by atoms with van der Waals surface area (Å²) in [6.45, 7) is 9.52. The first-order chi connectivity index (χ1) is 12.9. The first kappa shape index (κ1) is 18.9. The van der Waals surface area contributed by atoms with Gasteiger partial charge in [-0.25, -0.2) is 9.13 Å². The van der Waals surface area contributed by atoms with Gasteiger partial charge in [-0.05, 0) is 27.7 Å². The predicted molar refractivity (Wildman–Crippen MR) is 103 cm³/mol. The van der Waals surface area contributed by atoms with Gasteiger partial charge in [0, 0.05) is 34.6 Å². The SMILES string of the molecule is COc1c(C)cnc(Cn2cc[n+](Cc3ncc(C)c(OC)c3C)c2)c1C. The van der Waals surface area contributed by atoms with E-state index in [1.807, 2.05) is 38.6 Å². The number of hydrogen-bond donors (Lipinski definition) is 0. The predicted octanol–water partition coefficient (Wildman–Crippen LogP) is 2.91. The van der Waals surface area contributed by atoms with Crippen molar-refractivity contribution in [1.82, 2.24) is 14.5 Å². The van der Waals surface area contributed by atoms with Gasteiger partial charge in [-0.2, -0.15) is 0 Å². The fourth-order valence-electron chi connectivity index (χ4n) is 3.43. The Morgan fingerprint density at radius 2 is 1.44 bits per heavy atom. The molecule has 0 saturated carbocycles. The van der Waals surface area contributed by atoms with Crippen molar-refractivity contribution < 1.29 is 14.0 Å². The fourth-order valence-corrected chi connectivity index (χ4v) is 3.43. The molecule has 0 spiro atoms. The Labute approximate surface area is 160 Å². The summed E-state index contributed by atoms with van der Waals surface area (Å²) >= 11 is 0. The van der Waals surface area contributed by atoms with Crippen LogP contribution in [0.25, 0.3) is 0 Å². The minimum atomic E-state index is 0.694. The quantitative estimate of drug-likeness (QED) is 0.629. The zero-order chi connectivity index (χ0) is 19.6. The molecule has 6 nitrogen and oxygen atoms in total. The topological polar surface area (TPSA) is 53.0 Å². The molecule has 0 aliphatic heterocycles. The van der Waals surface area contributed by atoms with E-state index in [-0.39, 0.29) is 0 Å². The van der Waals surface area contributed by atoms with Crippen LogP contribution < -0.4 is 14.0 Å². The monoisotopic (exact) mass is 367 g/mol. The van der Waals surface area contributed by atoms with Crippen molar-refractivity contribution in [2.45, 2.75) is 40.8 Å². The molecule has 3 rings (SSSR count). The van der Waals surface area contributed by atoms with Crippen LogP contribution >= 0.6 is 0 Å². The smallest absolute Gasteiger partial charge is 0.244 e. The van der Waals surface area contributed by atoms with Gasteiger partial charge in [-0.1, -0.05) is 0 Å². The Kier molecular flexibility index (Phi) is 5.44. The van der Waals surface area contributed by atoms with Crippen LogP contribution in [0.2, 0.25) is 0 Å². The summed E-state index contributed by atoms with van der Waals surface area (Å²) in [7, 11) is 3.40. The normalized spacial score (nSPS) is 10.9. The molecule has 27 heavy (non-hydrogen) atoms. The zero-order valence-corrected chi connectivity index (χ0v) is 16.9. The van der Waals surface area contributed by atoms with Gasteiger partial charge < -0.3 is 9.47 Å². The Morgan fingerprint density at radius 1 is 0.889 bits per heavy atom. The number of imidazole rings is 1. The van der Waals surface area contributed by atoms with Crippen LogP contribution in [0.5, 0.6) is 11.5 Å². The molecule has 0 bridgehead atoms. The molecule has 3 aromatic rings. The summed E-state index contributed by atoms with van der Waals surface area (Å²) in [5.74, 6) is 1.82. The molecule has 0 N–H and O–H groups in total. The minimum absolute atomic E-state index is 0.694. The number of pyridine rings is 2. The molecule has 0 amide bonds. The highest BCUT2D eigenvalue weighted by Crippen LogP contribution is 2.25. The minimum Gasteiger partial charge on any atom is -0.496 e. The number of hydrogen-bond acceptors (Lipinski definition) is 4. The van der Waals surface area contributed by atoms with Crippen LogP contribution in [-0.2, 0) is 13.1 Å². The molecule has 0 fully saturated rings. The Morgan fingerprint density at radius 3 is 2.04 bits per heavy atom. The lowest BCUT2D eigenvalue weighted by Crippen LogP contribution is -2.32. The molecule has 0 aromatic carbocycles. The lowest BCUT2D eigenvalue weighted by atomic mass is 10.1. The second kappa shape index (κ2) is 7.78. The third-order valence-electron chi connectivity index (χ3n) is 4.91. The van der Waals surface area contributed by atoms with E-state index in [0.717, 1.165) is 45.1 Å². The van der Waals surface area contributed by atoms with E-state index in [2.05, 4.69) is 39.3 Å². The second-order valence-electron chi connectivity index (χ2n) is 6.85. The maximum absolute atomic E-state index is 5.51. The zero-order valence-electron chi connectivity index (χ0n) is 16.9. The van der Waals surface area contributed by atoms with Crippen molar-refractivity contribution in [3.8, 4) is 11.5 Å². The first-order valence-electron chi connectivity index (χ1n) is 8.97. The maximum atomic E-state index is 5.51. The van der Waals surface area contributed by atoms with Gasteiger partial charge in [-0.3, -0.25) is 9.97 Å². The van der Waals surface area contributed by atoms with Crippen LogP contribution in [0, 0.1) is 27.7 Å². The van der Waals surface area contributed by atoms with E-state index >= 15 is 0 Å². The van der Waals surface area contributed by atoms with Gasteiger partial charge in [0.15, 0.2) is 0 Å². The number of aromatic nitrogens is 4. The lowest BCUT2D eigenvalue weighted by molar-refractivity contribution is -0.688. The van der Waals surface area contributed by atoms with Crippen LogP contribution in [0.15, 0.2) is 31.1 Å². The number of aryl methyl sites for hydroxylation is 2. The third kappa shape index (κ3) is 3.79. The Balaban J connectivity index is 1.81. The largest absolute Gasteiger partial charge is 0.496 e. The highest BCUT2D eigenvalue weighted by Gasteiger charge is 2.15. The molecule has 6 heteroatoms. The van der Waals surface area contributed by atoms with Gasteiger partial charge in [0.05, 0.1) is 25.6 Å². The molecule has 0 atom stereocenters. The van der Waals surface area contributed by atoms with E-state index in [1.165, 1.54) is 0 Å². The summed E-state index contributed by atoms with van der Waals surface area (Å²) in [4.78, 5) is 9.16. The van der Waals surface area contributed by atoms with Crippen molar-refractivity contribution in [3.63, 3.8) is 0 Å². The van der Waals surface area contributed by atoms with Gasteiger partial charge in [0.2, 0.25) is 6.33 Å². The average molecular weight is 367 g/mol. The van der Waals surface area contributed by atoms with E-state index in [4.69, 9.17) is 9.47 Å². The molecular formula is C21H27N4O2+. The standard InChI is InChI=1S/C21H27N4O2/c1-14-9-22-18(16(3)20(14)26-5)11-24-7-8-25(13-24)12-19-17(4)21(27-6)15(2)10-23-19/h7-10,13H,11-12H2,1-6H3/q+1. The van der Waals surface area contributed by atoms with Gasteiger partial charge in [-0.15, -0.1) is 0 Å². The van der Waals surface area contributed by atoms with Crippen molar-refractivity contribution >= 4 is 0 Å². The molecule has 3 heterocycles. The number of ether oxygens (including phenoxy) is 2. The Bertz CT molecular complexity index is 887. The van der Waals surface area contributed by atoms with E-state index in [9.17, 15) is 0 Å². The van der Waals surface area contributed by atoms with Crippen molar-refractivity contribution in [2.75, 3.05) is 14.2 Å². The van der Waals surface area contributed by atoms with Crippen molar-refractivity contribution in [3.05, 3.63) is 64.8 Å². The molecule has 3 aromatic heterocycles. The number of rotatable bonds is 6. The van der Waals surface area contributed by atoms with Crippen LogP contribution in [0.4, 0.5) is 0 Å². The summed E-state index contributed by atoms with van der Waals surface area (Å²) < 4.78 is 15.2. The molecule has 0 radical (unpaired) electrons. The van der Waals surface area contributed by atoms with Crippen molar-refractivity contribution in [1.29, 1.82) is 0 Å². The first-order valence-corrected chi connectivity index (χ1v) is 8.97. The summed E-state index contributed by atoms with van der Waals surface area (Å²) in [5, 5.41) is 0. The van der Waals surface area contributed by atoms with Crippen LogP contribution in [0.3, 0.4) is 0 Å². The van der Waals surface area contributed by atoms with Gasteiger partial charge >= 0.3 is 0 Å². The Hall–Kier alpha value is -2.89.